The Kier molecular flexibility index (Phi) is 3.42. The first kappa shape index (κ1) is 11.4. The third-order valence-corrected chi connectivity index (χ3v) is 3.13. The molecule has 2 aromatic rings. The van der Waals surface area contributed by atoms with Crippen molar-refractivity contribution in [1.82, 2.24) is 0 Å². The van der Waals surface area contributed by atoms with Crippen LogP contribution < -0.4 is 0 Å². The minimum absolute atomic E-state index is 0.0968. The molecule has 0 atom stereocenters. The van der Waals surface area contributed by atoms with Gasteiger partial charge in [-0.1, -0.05) is 46.3 Å². The first-order valence-electron chi connectivity index (χ1n) is 5.17. The van der Waals surface area contributed by atoms with Crippen LogP contribution in [0.5, 0.6) is 0 Å². The molecule has 0 amide bonds. The summed E-state index contributed by atoms with van der Waals surface area (Å²) in [7, 11) is 0. The molecule has 0 aliphatic rings. The van der Waals surface area contributed by atoms with Crippen molar-refractivity contribution in [3.05, 3.63) is 58.1 Å². The van der Waals surface area contributed by atoms with Crippen molar-refractivity contribution in [1.29, 1.82) is 0 Å². The highest BCUT2D eigenvalue weighted by Gasteiger charge is 2.02. The normalized spacial score (nSPS) is 10.4. The Balaban J connectivity index is 2.42. The minimum Gasteiger partial charge on any atom is -0.392 e. The lowest BCUT2D eigenvalue weighted by Crippen LogP contribution is -1.85. The lowest BCUT2D eigenvalue weighted by atomic mass is 10.00. The molecule has 0 unspecified atom stereocenters. The second-order valence-electron chi connectivity index (χ2n) is 3.81. The predicted octanol–water partition coefficient (Wildman–Crippen LogP) is 3.92. The Morgan fingerprint density at radius 3 is 2.31 bits per heavy atom. The molecular formula is C14H13BrO. The van der Waals surface area contributed by atoms with Crippen LogP contribution in [0.25, 0.3) is 11.1 Å². The second-order valence-corrected chi connectivity index (χ2v) is 4.73. The summed E-state index contributed by atoms with van der Waals surface area (Å²) < 4.78 is 1.10. The molecule has 1 N–H and O–H groups in total. The van der Waals surface area contributed by atoms with Gasteiger partial charge in [-0.05, 0) is 41.3 Å². The fraction of sp³-hybridized carbons (Fsp3) is 0.143. The van der Waals surface area contributed by atoms with E-state index in [0.29, 0.717) is 0 Å². The molecule has 2 aromatic carbocycles. The molecule has 0 spiro atoms. The number of rotatable bonds is 2. The molecule has 0 aliphatic heterocycles. The molecule has 0 saturated heterocycles. The predicted molar refractivity (Wildman–Crippen MR) is 70.2 cm³/mol. The van der Waals surface area contributed by atoms with Crippen molar-refractivity contribution < 1.29 is 5.11 Å². The van der Waals surface area contributed by atoms with Crippen LogP contribution in [0.15, 0.2) is 46.9 Å². The van der Waals surface area contributed by atoms with Crippen LogP contribution in [-0.2, 0) is 6.61 Å². The molecule has 0 radical (unpaired) electrons. The number of hydrogen-bond acceptors (Lipinski definition) is 1. The van der Waals surface area contributed by atoms with Gasteiger partial charge in [-0.25, -0.2) is 0 Å². The third-order valence-electron chi connectivity index (χ3n) is 2.64. The van der Waals surface area contributed by atoms with Crippen molar-refractivity contribution >= 4 is 15.9 Å². The molecule has 0 bridgehead atoms. The summed E-state index contributed by atoms with van der Waals surface area (Å²) in [5.74, 6) is 0. The summed E-state index contributed by atoms with van der Waals surface area (Å²) in [4.78, 5) is 0. The van der Waals surface area contributed by atoms with Crippen LogP contribution in [0, 0.1) is 6.92 Å². The van der Waals surface area contributed by atoms with E-state index in [9.17, 15) is 0 Å². The van der Waals surface area contributed by atoms with Gasteiger partial charge in [0.2, 0.25) is 0 Å². The van der Waals surface area contributed by atoms with Gasteiger partial charge in [0, 0.05) is 4.47 Å². The first-order chi connectivity index (χ1) is 7.70. The quantitative estimate of drug-likeness (QED) is 0.882. The van der Waals surface area contributed by atoms with E-state index >= 15 is 0 Å². The van der Waals surface area contributed by atoms with Gasteiger partial charge in [-0.3, -0.25) is 0 Å². The fourth-order valence-corrected chi connectivity index (χ4v) is 2.22. The van der Waals surface area contributed by atoms with E-state index in [1.165, 1.54) is 16.7 Å². The second kappa shape index (κ2) is 4.81. The maximum atomic E-state index is 8.98. The van der Waals surface area contributed by atoms with Gasteiger partial charge >= 0.3 is 0 Å². The van der Waals surface area contributed by atoms with Gasteiger partial charge in [0.05, 0.1) is 6.61 Å². The summed E-state index contributed by atoms with van der Waals surface area (Å²) in [6.07, 6.45) is 0. The van der Waals surface area contributed by atoms with Crippen LogP contribution in [0.4, 0.5) is 0 Å². The van der Waals surface area contributed by atoms with Gasteiger partial charge in [-0.15, -0.1) is 0 Å². The fourth-order valence-electron chi connectivity index (χ4n) is 1.74. The lowest BCUT2D eigenvalue weighted by molar-refractivity contribution is 0.282. The Morgan fingerprint density at radius 2 is 1.75 bits per heavy atom. The van der Waals surface area contributed by atoms with E-state index in [-0.39, 0.29) is 6.61 Å². The number of halogens is 1. The average Bonchev–Trinajstić information content (AvgIpc) is 2.29. The first-order valence-corrected chi connectivity index (χ1v) is 5.96. The van der Waals surface area contributed by atoms with Crippen molar-refractivity contribution in [2.75, 3.05) is 0 Å². The molecule has 2 heteroatoms. The minimum atomic E-state index is 0.0968. The SMILES string of the molecule is Cc1cc(Br)ccc1-c1ccc(CO)cc1. The standard InChI is InChI=1S/C14H13BrO/c1-10-8-13(15)6-7-14(10)12-4-2-11(9-16)3-5-12/h2-8,16H,9H2,1H3. The van der Waals surface area contributed by atoms with E-state index in [0.717, 1.165) is 10.0 Å². The highest BCUT2D eigenvalue weighted by atomic mass is 79.9. The topological polar surface area (TPSA) is 20.2 Å². The molecular weight excluding hydrogens is 264 g/mol. The Morgan fingerprint density at radius 1 is 1.06 bits per heavy atom. The Labute approximate surface area is 104 Å². The molecule has 0 aromatic heterocycles. The summed E-state index contributed by atoms with van der Waals surface area (Å²) in [6, 6.07) is 14.3. The monoisotopic (exact) mass is 276 g/mol. The van der Waals surface area contributed by atoms with Crippen molar-refractivity contribution in [2.45, 2.75) is 13.5 Å². The van der Waals surface area contributed by atoms with E-state index in [4.69, 9.17) is 5.11 Å². The zero-order valence-corrected chi connectivity index (χ0v) is 10.7. The lowest BCUT2D eigenvalue weighted by Gasteiger charge is -2.07. The molecule has 2 rings (SSSR count). The smallest absolute Gasteiger partial charge is 0.0681 e. The van der Waals surface area contributed by atoms with Crippen molar-refractivity contribution in [3.8, 4) is 11.1 Å². The average molecular weight is 277 g/mol. The molecule has 0 aliphatic carbocycles. The number of aliphatic hydroxyl groups excluding tert-OH is 1. The zero-order valence-electron chi connectivity index (χ0n) is 9.07. The van der Waals surface area contributed by atoms with Crippen molar-refractivity contribution in [2.24, 2.45) is 0 Å². The maximum absolute atomic E-state index is 8.98. The molecule has 82 valence electrons. The van der Waals surface area contributed by atoms with Crippen LogP contribution in [0.3, 0.4) is 0 Å². The number of aliphatic hydroxyl groups is 1. The van der Waals surface area contributed by atoms with Gasteiger partial charge in [0.1, 0.15) is 0 Å². The molecule has 0 fully saturated rings. The van der Waals surface area contributed by atoms with Crippen molar-refractivity contribution in [3.63, 3.8) is 0 Å². The van der Waals surface area contributed by atoms with Gasteiger partial charge in [0.15, 0.2) is 0 Å². The van der Waals surface area contributed by atoms with E-state index < -0.39 is 0 Å². The summed E-state index contributed by atoms with van der Waals surface area (Å²) in [5, 5.41) is 8.98. The van der Waals surface area contributed by atoms with E-state index in [1.807, 2.05) is 30.3 Å². The number of benzene rings is 2. The van der Waals surface area contributed by atoms with Crippen LogP contribution in [0.1, 0.15) is 11.1 Å². The molecule has 1 nitrogen and oxygen atoms in total. The number of aryl methyl sites for hydroxylation is 1. The zero-order chi connectivity index (χ0) is 11.5. The molecule has 0 saturated carbocycles. The Bertz CT molecular complexity index is 489. The highest BCUT2D eigenvalue weighted by molar-refractivity contribution is 9.10. The largest absolute Gasteiger partial charge is 0.392 e. The van der Waals surface area contributed by atoms with Crippen LogP contribution in [0.2, 0.25) is 0 Å². The summed E-state index contributed by atoms with van der Waals surface area (Å²) in [5.41, 5.74) is 4.60. The van der Waals surface area contributed by atoms with Gasteiger partial charge in [0.25, 0.3) is 0 Å². The molecule has 0 heterocycles. The van der Waals surface area contributed by atoms with Gasteiger partial charge < -0.3 is 5.11 Å². The van der Waals surface area contributed by atoms with Crippen LogP contribution in [-0.4, -0.2) is 5.11 Å². The highest BCUT2D eigenvalue weighted by Crippen LogP contribution is 2.26. The summed E-state index contributed by atoms with van der Waals surface area (Å²) >= 11 is 3.46. The Hall–Kier alpha value is -1.12. The molecule has 16 heavy (non-hydrogen) atoms. The summed E-state index contributed by atoms with van der Waals surface area (Å²) in [6.45, 7) is 2.19. The third kappa shape index (κ3) is 2.34. The number of hydrogen-bond donors (Lipinski definition) is 1. The van der Waals surface area contributed by atoms with E-state index in [1.54, 1.807) is 0 Å². The van der Waals surface area contributed by atoms with E-state index in [2.05, 4.69) is 35.0 Å². The van der Waals surface area contributed by atoms with Gasteiger partial charge in [-0.2, -0.15) is 0 Å². The van der Waals surface area contributed by atoms with Crippen LogP contribution >= 0.6 is 15.9 Å². The maximum Gasteiger partial charge on any atom is 0.0681 e.